The van der Waals surface area contributed by atoms with E-state index in [9.17, 15) is 29.1 Å². The Morgan fingerprint density at radius 1 is 0.906 bits per heavy atom. The van der Waals surface area contributed by atoms with Crippen LogP contribution < -0.4 is 27.4 Å². The third-order valence-corrected chi connectivity index (χ3v) is 4.48. The second-order valence-corrected chi connectivity index (χ2v) is 7.77. The average molecular weight is 450 g/mol. The molecule has 4 amide bonds. The smallest absolute Gasteiger partial charge is 0.326 e. The highest BCUT2D eigenvalue weighted by Gasteiger charge is 2.30. The van der Waals surface area contributed by atoms with Gasteiger partial charge in [0.25, 0.3) is 0 Å². The number of hydrogen-bond acceptors (Lipinski definition) is 6. The maximum Gasteiger partial charge on any atom is 0.326 e. The molecule has 0 aliphatic rings. The van der Waals surface area contributed by atoms with Crippen molar-refractivity contribution in [3.8, 4) is 0 Å². The molecule has 8 N–H and O–H groups in total. The van der Waals surface area contributed by atoms with Gasteiger partial charge in [-0.25, -0.2) is 4.79 Å². The molecule has 3 atom stereocenters. The minimum atomic E-state index is -1.54. The predicted molar refractivity (Wildman–Crippen MR) is 116 cm³/mol. The van der Waals surface area contributed by atoms with E-state index in [1.807, 2.05) is 13.8 Å². The number of nitrogens with one attached hydrogen (secondary N) is 3. The lowest BCUT2D eigenvalue weighted by Gasteiger charge is -2.25. The van der Waals surface area contributed by atoms with Crippen LogP contribution in [-0.2, 0) is 30.4 Å². The number of nitrogens with two attached hydrogens (primary N) is 2. The molecule has 0 aliphatic carbocycles. The molecule has 0 saturated heterocycles. The molecule has 176 valence electrons. The average Bonchev–Trinajstić information content (AvgIpc) is 2.72. The van der Waals surface area contributed by atoms with Gasteiger partial charge in [-0.1, -0.05) is 44.2 Å². The van der Waals surface area contributed by atoms with E-state index in [0.29, 0.717) is 12.0 Å². The van der Waals surface area contributed by atoms with Crippen molar-refractivity contribution in [1.82, 2.24) is 16.0 Å². The molecule has 0 radical (unpaired) electrons. The fourth-order valence-electron chi connectivity index (χ4n) is 2.96. The Kier molecular flexibility index (Phi) is 10.8. The van der Waals surface area contributed by atoms with Gasteiger partial charge in [0, 0.05) is 6.42 Å². The van der Waals surface area contributed by atoms with Gasteiger partial charge < -0.3 is 32.5 Å². The maximum absolute atomic E-state index is 12.9. The van der Waals surface area contributed by atoms with Crippen molar-refractivity contribution in [2.24, 2.45) is 17.4 Å². The SMILES string of the molecule is CC(C)CC(NC(=O)CN)C(=O)NC(Cc1ccccc1)C(=O)NC(CC(N)=O)C(=O)O. The summed E-state index contributed by atoms with van der Waals surface area (Å²) in [5.74, 6) is -4.22. The topological polar surface area (TPSA) is 194 Å². The highest BCUT2D eigenvalue weighted by Crippen LogP contribution is 2.08. The van der Waals surface area contributed by atoms with Gasteiger partial charge in [0.05, 0.1) is 13.0 Å². The summed E-state index contributed by atoms with van der Waals surface area (Å²) < 4.78 is 0. The predicted octanol–water partition coefficient (Wildman–Crippen LogP) is -1.35. The lowest BCUT2D eigenvalue weighted by molar-refractivity contribution is -0.143. The highest BCUT2D eigenvalue weighted by molar-refractivity contribution is 5.94. The van der Waals surface area contributed by atoms with Crippen LogP contribution in [0.2, 0.25) is 0 Å². The van der Waals surface area contributed by atoms with E-state index in [4.69, 9.17) is 11.5 Å². The van der Waals surface area contributed by atoms with Gasteiger partial charge in [-0.2, -0.15) is 0 Å². The summed E-state index contributed by atoms with van der Waals surface area (Å²) in [6.45, 7) is 3.43. The monoisotopic (exact) mass is 449 g/mol. The van der Waals surface area contributed by atoms with Crippen LogP contribution in [0.15, 0.2) is 30.3 Å². The van der Waals surface area contributed by atoms with E-state index in [-0.39, 0.29) is 18.9 Å². The number of rotatable bonds is 13. The fraction of sp³-hybridized carbons (Fsp3) is 0.476. The van der Waals surface area contributed by atoms with Crippen molar-refractivity contribution in [1.29, 1.82) is 0 Å². The number of amides is 4. The number of hydrogen-bond donors (Lipinski definition) is 6. The minimum absolute atomic E-state index is 0.0529. The van der Waals surface area contributed by atoms with Gasteiger partial charge >= 0.3 is 5.97 Å². The van der Waals surface area contributed by atoms with Crippen molar-refractivity contribution in [2.75, 3.05) is 6.54 Å². The van der Waals surface area contributed by atoms with Crippen molar-refractivity contribution >= 4 is 29.6 Å². The third-order valence-electron chi connectivity index (χ3n) is 4.48. The van der Waals surface area contributed by atoms with Crippen LogP contribution >= 0.6 is 0 Å². The molecule has 0 aromatic heterocycles. The number of aliphatic carboxylic acids is 1. The highest BCUT2D eigenvalue weighted by atomic mass is 16.4. The third kappa shape index (κ3) is 9.56. The summed E-state index contributed by atoms with van der Waals surface area (Å²) >= 11 is 0. The fourth-order valence-corrected chi connectivity index (χ4v) is 2.96. The largest absolute Gasteiger partial charge is 0.480 e. The van der Waals surface area contributed by atoms with Gasteiger partial charge in [0.1, 0.15) is 18.1 Å². The Morgan fingerprint density at radius 2 is 1.47 bits per heavy atom. The standard InChI is InChI=1S/C21H31N5O6/c1-12(2)8-14(24-18(28)11-22)19(29)25-15(9-13-6-4-3-5-7-13)20(30)26-16(21(31)32)10-17(23)27/h3-7,12,14-16H,8-11,22H2,1-2H3,(H2,23,27)(H,24,28)(H,25,29)(H,26,30)(H,31,32). The minimum Gasteiger partial charge on any atom is -0.480 e. The number of benzene rings is 1. The molecule has 0 heterocycles. The Hall–Kier alpha value is -3.47. The molecule has 0 bridgehead atoms. The van der Waals surface area contributed by atoms with Gasteiger partial charge in [-0.05, 0) is 17.9 Å². The number of primary amides is 1. The molecule has 1 aromatic rings. The molecular weight excluding hydrogens is 418 g/mol. The molecule has 11 nitrogen and oxygen atoms in total. The lowest BCUT2D eigenvalue weighted by atomic mass is 10.0. The van der Waals surface area contributed by atoms with Crippen molar-refractivity contribution in [3.63, 3.8) is 0 Å². The molecule has 0 aliphatic heterocycles. The van der Waals surface area contributed by atoms with Gasteiger partial charge in [0.2, 0.25) is 23.6 Å². The second-order valence-electron chi connectivity index (χ2n) is 7.77. The number of carbonyl (C=O) groups is 5. The van der Waals surface area contributed by atoms with E-state index in [2.05, 4.69) is 16.0 Å². The van der Waals surface area contributed by atoms with Crippen LogP contribution in [0.1, 0.15) is 32.3 Å². The van der Waals surface area contributed by atoms with E-state index in [1.54, 1.807) is 30.3 Å². The van der Waals surface area contributed by atoms with Gasteiger partial charge in [0.15, 0.2) is 0 Å². The molecule has 11 heteroatoms. The summed E-state index contributed by atoms with van der Waals surface area (Å²) in [7, 11) is 0. The molecule has 0 saturated carbocycles. The van der Waals surface area contributed by atoms with Gasteiger partial charge in [-0.3, -0.25) is 19.2 Å². The summed E-state index contributed by atoms with van der Waals surface area (Å²) in [4.78, 5) is 60.0. The van der Waals surface area contributed by atoms with Crippen molar-refractivity contribution < 1.29 is 29.1 Å². The van der Waals surface area contributed by atoms with Crippen LogP contribution in [0, 0.1) is 5.92 Å². The van der Waals surface area contributed by atoms with Crippen LogP contribution in [0.5, 0.6) is 0 Å². The number of carbonyl (C=O) groups excluding carboxylic acids is 4. The van der Waals surface area contributed by atoms with Crippen molar-refractivity contribution in [3.05, 3.63) is 35.9 Å². The van der Waals surface area contributed by atoms with Crippen LogP contribution in [0.3, 0.4) is 0 Å². The summed E-state index contributed by atoms with van der Waals surface area (Å²) in [6.07, 6.45) is -0.243. The van der Waals surface area contributed by atoms with Crippen LogP contribution in [-0.4, -0.2) is 59.4 Å². The molecule has 32 heavy (non-hydrogen) atoms. The van der Waals surface area contributed by atoms with E-state index < -0.39 is 54.1 Å². The van der Waals surface area contributed by atoms with Crippen LogP contribution in [0.25, 0.3) is 0 Å². The lowest BCUT2D eigenvalue weighted by Crippen LogP contribution is -2.57. The first-order valence-electron chi connectivity index (χ1n) is 10.2. The molecule has 1 rings (SSSR count). The molecule has 0 spiro atoms. The van der Waals surface area contributed by atoms with Crippen molar-refractivity contribution in [2.45, 2.75) is 51.2 Å². The quantitative estimate of drug-likeness (QED) is 0.214. The van der Waals surface area contributed by atoms with E-state index in [0.717, 1.165) is 0 Å². The molecular formula is C21H31N5O6. The molecule has 3 unspecified atom stereocenters. The summed E-state index contributed by atoms with van der Waals surface area (Å²) in [5, 5.41) is 16.6. The first kappa shape index (κ1) is 26.6. The van der Waals surface area contributed by atoms with E-state index in [1.165, 1.54) is 0 Å². The summed E-state index contributed by atoms with van der Waals surface area (Å²) in [6, 6.07) is 5.13. The normalized spacial score (nSPS) is 13.5. The first-order valence-corrected chi connectivity index (χ1v) is 10.2. The molecule has 1 aromatic carbocycles. The van der Waals surface area contributed by atoms with E-state index >= 15 is 0 Å². The first-order chi connectivity index (χ1) is 15.0. The zero-order valence-corrected chi connectivity index (χ0v) is 18.2. The Morgan fingerprint density at radius 3 is 1.97 bits per heavy atom. The number of carboxylic acids is 1. The van der Waals surface area contributed by atoms with Gasteiger partial charge in [-0.15, -0.1) is 0 Å². The Balaban J connectivity index is 3.09. The van der Waals surface area contributed by atoms with Crippen LogP contribution in [0.4, 0.5) is 0 Å². The zero-order valence-electron chi connectivity index (χ0n) is 18.2. The second kappa shape index (κ2) is 13.1. The summed E-state index contributed by atoms with van der Waals surface area (Å²) in [5.41, 5.74) is 11.1. The molecule has 0 fully saturated rings. The Labute approximate surface area is 186 Å². The Bertz CT molecular complexity index is 814. The zero-order chi connectivity index (χ0) is 24.3. The number of carboxylic acid groups (broad SMARTS) is 1. The maximum atomic E-state index is 12.9.